The maximum absolute atomic E-state index is 12.4. The van der Waals surface area contributed by atoms with Crippen LogP contribution in [-0.2, 0) is 28.2 Å². The monoisotopic (exact) mass is 703 g/mol. The van der Waals surface area contributed by atoms with Gasteiger partial charge >= 0.3 is 19.8 Å². The summed E-state index contributed by atoms with van der Waals surface area (Å²) in [5, 5.41) is 0. The molecule has 0 saturated carbocycles. The molecule has 0 spiro atoms. The Morgan fingerprint density at radius 1 is 0.521 bits per heavy atom. The molecule has 0 rings (SSSR count). The average molecular weight is 703 g/mol. The van der Waals surface area contributed by atoms with Gasteiger partial charge in [-0.2, -0.15) is 0 Å². The molecule has 0 heterocycles. The predicted octanol–water partition coefficient (Wildman–Crippen LogP) is 11.8. The number of carbonyl (C=O) groups excluding carboxylic acids is 2. The van der Waals surface area contributed by atoms with Crippen LogP contribution in [0.1, 0.15) is 206 Å². The molecule has 0 radical (unpaired) electrons. The summed E-state index contributed by atoms with van der Waals surface area (Å²) in [6, 6.07) is 0. The summed E-state index contributed by atoms with van der Waals surface area (Å²) >= 11 is 0. The molecule has 9 heteroatoms. The molecule has 0 aliphatic rings. The van der Waals surface area contributed by atoms with Crippen molar-refractivity contribution in [3.05, 3.63) is 12.2 Å². The molecule has 0 saturated heterocycles. The number of rotatable bonds is 37. The molecular formula is C39H75O8P. The molecule has 0 aliphatic carbocycles. The van der Waals surface area contributed by atoms with Gasteiger partial charge in [-0.25, -0.2) is 4.57 Å². The summed E-state index contributed by atoms with van der Waals surface area (Å²) in [6.45, 7) is 3.67. The molecule has 0 fully saturated rings. The fourth-order valence-corrected chi connectivity index (χ4v) is 6.13. The standard InChI is InChI=1S/C39H75O8P/c1-3-5-7-9-11-13-15-17-19-21-23-25-27-29-31-33-38(40)45-35-37(36-46-48(42,43)44)47-39(41)34-32-30-28-26-24-22-20-18-16-14-12-10-8-6-4-2/h9,11,37H,3-8,10,12-36H2,1-2H3,(H2,42,43,44)/b11-9+/t37-/m1/s1. The summed E-state index contributed by atoms with van der Waals surface area (Å²) in [6.07, 6.45) is 37.8. The van der Waals surface area contributed by atoms with Crippen molar-refractivity contribution in [2.24, 2.45) is 0 Å². The van der Waals surface area contributed by atoms with Crippen molar-refractivity contribution in [3.8, 4) is 0 Å². The normalized spacial score (nSPS) is 12.5. The number of hydrogen-bond acceptors (Lipinski definition) is 6. The van der Waals surface area contributed by atoms with E-state index in [9.17, 15) is 14.2 Å². The van der Waals surface area contributed by atoms with Gasteiger partial charge in [0, 0.05) is 12.8 Å². The van der Waals surface area contributed by atoms with Crippen LogP contribution in [0, 0.1) is 0 Å². The number of phosphoric acid groups is 1. The fourth-order valence-electron chi connectivity index (χ4n) is 5.77. The molecule has 1 atom stereocenters. The summed E-state index contributed by atoms with van der Waals surface area (Å²) in [5.74, 6) is -0.877. The smallest absolute Gasteiger partial charge is 0.462 e. The van der Waals surface area contributed by atoms with Gasteiger partial charge in [-0.3, -0.25) is 14.1 Å². The number of hydrogen-bond donors (Lipinski definition) is 2. The van der Waals surface area contributed by atoms with E-state index in [1.54, 1.807) is 0 Å². The Labute approximate surface area is 295 Å². The number of unbranched alkanes of at least 4 members (excludes halogenated alkanes) is 25. The molecule has 2 N–H and O–H groups in total. The van der Waals surface area contributed by atoms with Crippen LogP contribution in [0.4, 0.5) is 0 Å². The lowest BCUT2D eigenvalue weighted by Crippen LogP contribution is -2.29. The van der Waals surface area contributed by atoms with Crippen LogP contribution in [0.2, 0.25) is 0 Å². The van der Waals surface area contributed by atoms with Crippen LogP contribution in [0.15, 0.2) is 12.2 Å². The Hall–Kier alpha value is -1.21. The number of esters is 2. The molecule has 0 amide bonds. The minimum absolute atomic E-state index is 0.217. The third-order valence-corrected chi connectivity index (χ3v) is 9.27. The number of ether oxygens (including phenoxy) is 2. The lowest BCUT2D eigenvalue weighted by atomic mass is 10.0. The second kappa shape index (κ2) is 35.6. The minimum Gasteiger partial charge on any atom is -0.462 e. The molecule has 0 bridgehead atoms. The second-order valence-electron chi connectivity index (χ2n) is 13.6. The Bertz CT molecular complexity index is 797. The zero-order chi connectivity index (χ0) is 35.4. The van der Waals surface area contributed by atoms with E-state index >= 15 is 0 Å². The first-order valence-corrected chi connectivity index (χ1v) is 21.5. The van der Waals surface area contributed by atoms with Gasteiger partial charge in [0.25, 0.3) is 0 Å². The first kappa shape index (κ1) is 46.8. The maximum atomic E-state index is 12.4. The highest BCUT2D eigenvalue weighted by Gasteiger charge is 2.22. The first-order valence-electron chi connectivity index (χ1n) is 20.0. The largest absolute Gasteiger partial charge is 0.469 e. The molecule has 0 aromatic carbocycles. The van der Waals surface area contributed by atoms with E-state index in [2.05, 4.69) is 30.5 Å². The van der Waals surface area contributed by atoms with Crippen LogP contribution in [0.5, 0.6) is 0 Å². The SMILES string of the molecule is CCCC/C=C/CCCCCCCCCCCC(=O)OC[C@H](COP(=O)(O)O)OC(=O)CCCCCCCCCCCCCCCCC. The van der Waals surface area contributed by atoms with E-state index in [-0.39, 0.29) is 19.4 Å². The van der Waals surface area contributed by atoms with Gasteiger partial charge in [-0.15, -0.1) is 0 Å². The number of allylic oxidation sites excluding steroid dienone is 2. The Kier molecular flexibility index (Phi) is 34.7. The highest BCUT2D eigenvalue weighted by atomic mass is 31.2. The van der Waals surface area contributed by atoms with Crippen LogP contribution in [0.25, 0.3) is 0 Å². The number of carbonyl (C=O) groups is 2. The van der Waals surface area contributed by atoms with E-state index in [0.717, 1.165) is 38.5 Å². The number of phosphoric ester groups is 1. The molecule has 0 aromatic heterocycles. The van der Waals surface area contributed by atoms with Crippen LogP contribution >= 0.6 is 7.82 Å². The minimum atomic E-state index is -4.74. The van der Waals surface area contributed by atoms with Gasteiger partial charge in [0.2, 0.25) is 0 Å². The summed E-state index contributed by atoms with van der Waals surface area (Å²) in [5.41, 5.74) is 0. The Morgan fingerprint density at radius 2 is 0.896 bits per heavy atom. The van der Waals surface area contributed by atoms with Crippen LogP contribution in [-0.4, -0.2) is 41.0 Å². The highest BCUT2D eigenvalue weighted by Crippen LogP contribution is 2.36. The van der Waals surface area contributed by atoms with Crippen molar-refractivity contribution in [3.63, 3.8) is 0 Å². The van der Waals surface area contributed by atoms with Crippen molar-refractivity contribution in [1.82, 2.24) is 0 Å². The van der Waals surface area contributed by atoms with Crippen molar-refractivity contribution in [1.29, 1.82) is 0 Å². The summed E-state index contributed by atoms with van der Waals surface area (Å²) in [7, 11) is -4.74. The third-order valence-electron chi connectivity index (χ3n) is 8.78. The first-order chi connectivity index (χ1) is 23.3. The third kappa shape index (κ3) is 37.6. The molecule has 0 unspecified atom stereocenters. The second-order valence-corrected chi connectivity index (χ2v) is 14.9. The van der Waals surface area contributed by atoms with E-state index < -0.39 is 32.5 Å². The van der Waals surface area contributed by atoms with Crippen LogP contribution < -0.4 is 0 Å². The molecule has 8 nitrogen and oxygen atoms in total. The predicted molar refractivity (Wildman–Crippen MR) is 198 cm³/mol. The quantitative estimate of drug-likeness (QED) is 0.0284. The van der Waals surface area contributed by atoms with Crippen molar-refractivity contribution < 1.29 is 37.9 Å². The fraction of sp³-hybridized carbons (Fsp3) is 0.897. The zero-order valence-corrected chi connectivity index (χ0v) is 32.0. The lowest BCUT2D eigenvalue weighted by Gasteiger charge is -2.18. The van der Waals surface area contributed by atoms with Gasteiger partial charge < -0.3 is 19.3 Å². The average Bonchev–Trinajstić information content (AvgIpc) is 3.05. The molecular weight excluding hydrogens is 627 g/mol. The van der Waals surface area contributed by atoms with E-state index in [4.69, 9.17) is 19.3 Å². The van der Waals surface area contributed by atoms with Gasteiger partial charge in [0.1, 0.15) is 6.61 Å². The van der Waals surface area contributed by atoms with E-state index in [0.29, 0.717) is 6.42 Å². The van der Waals surface area contributed by atoms with Gasteiger partial charge in [0.05, 0.1) is 6.61 Å². The topological polar surface area (TPSA) is 119 Å². The van der Waals surface area contributed by atoms with Crippen LogP contribution in [0.3, 0.4) is 0 Å². The maximum Gasteiger partial charge on any atom is 0.469 e. The molecule has 284 valence electrons. The molecule has 48 heavy (non-hydrogen) atoms. The lowest BCUT2D eigenvalue weighted by molar-refractivity contribution is -0.161. The van der Waals surface area contributed by atoms with Crippen molar-refractivity contribution >= 4 is 19.8 Å². The van der Waals surface area contributed by atoms with Crippen molar-refractivity contribution in [2.45, 2.75) is 213 Å². The molecule has 0 aromatic rings. The van der Waals surface area contributed by atoms with Gasteiger partial charge in [-0.1, -0.05) is 174 Å². The zero-order valence-electron chi connectivity index (χ0n) is 31.2. The van der Waals surface area contributed by atoms with Gasteiger partial charge in [-0.05, 0) is 32.1 Å². The highest BCUT2D eigenvalue weighted by molar-refractivity contribution is 7.46. The van der Waals surface area contributed by atoms with Crippen molar-refractivity contribution in [2.75, 3.05) is 13.2 Å². The summed E-state index contributed by atoms with van der Waals surface area (Å²) < 4.78 is 26.3. The summed E-state index contributed by atoms with van der Waals surface area (Å²) in [4.78, 5) is 42.7. The Morgan fingerprint density at radius 3 is 1.33 bits per heavy atom. The van der Waals surface area contributed by atoms with Gasteiger partial charge in [0.15, 0.2) is 6.10 Å². The van der Waals surface area contributed by atoms with E-state index in [1.807, 2.05) is 0 Å². The Balaban J connectivity index is 3.90. The van der Waals surface area contributed by atoms with E-state index in [1.165, 1.54) is 135 Å². The molecule has 0 aliphatic heterocycles.